The SMILES string of the molecule is CCOC(=O)C1=C(O)/C(=C/c2ccc(-c3ccc(Cl)cc3)o2)SC1=NC(=O)c1ccccc1. The number of benzene rings is 2. The molecule has 1 amide bonds. The van der Waals surface area contributed by atoms with Gasteiger partial charge in [0.05, 0.1) is 11.5 Å². The zero-order valence-corrected chi connectivity index (χ0v) is 19.0. The Balaban J connectivity index is 1.67. The van der Waals surface area contributed by atoms with Crippen LogP contribution in [0.3, 0.4) is 0 Å². The molecule has 2 heterocycles. The van der Waals surface area contributed by atoms with E-state index in [1.807, 2.05) is 12.1 Å². The lowest BCUT2D eigenvalue weighted by molar-refractivity contribution is -0.138. The fourth-order valence-electron chi connectivity index (χ4n) is 3.06. The normalized spacial score (nSPS) is 15.9. The highest BCUT2D eigenvalue weighted by molar-refractivity contribution is 8.18. The van der Waals surface area contributed by atoms with Gasteiger partial charge in [0, 0.05) is 16.1 Å². The fraction of sp³-hybridized carbons (Fsp3) is 0.0800. The Morgan fingerprint density at radius 2 is 1.82 bits per heavy atom. The predicted molar refractivity (Wildman–Crippen MR) is 129 cm³/mol. The van der Waals surface area contributed by atoms with Gasteiger partial charge in [0.1, 0.15) is 27.9 Å². The standard InChI is InChI=1S/C25H18ClNO5S/c1-2-31-25(30)21-22(28)20(33-24(21)27-23(29)16-6-4-3-5-7-16)14-18-12-13-19(32-18)15-8-10-17(26)11-9-15/h3-14,28H,2H2,1H3/b20-14-,27-24?. The van der Waals surface area contributed by atoms with Crippen molar-refractivity contribution in [3.63, 3.8) is 0 Å². The molecule has 6 nitrogen and oxygen atoms in total. The highest BCUT2D eigenvalue weighted by Crippen LogP contribution is 2.40. The second-order valence-corrected chi connectivity index (χ2v) is 8.32. The fourth-order valence-corrected chi connectivity index (χ4v) is 4.18. The van der Waals surface area contributed by atoms with Crippen LogP contribution < -0.4 is 0 Å². The van der Waals surface area contributed by atoms with E-state index in [2.05, 4.69) is 4.99 Å². The van der Waals surface area contributed by atoms with Gasteiger partial charge in [-0.15, -0.1) is 0 Å². The molecule has 0 spiro atoms. The van der Waals surface area contributed by atoms with Gasteiger partial charge in [0.15, 0.2) is 0 Å². The number of hydrogen-bond acceptors (Lipinski definition) is 6. The van der Waals surface area contributed by atoms with E-state index in [9.17, 15) is 14.7 Å². The first-order chi connectivity index (χ1) is 16.0. The first kappa shape index (κ1) is 22.6. The molecule has 33 heavy (non-hydrogen) atoms. The Labute approximate surface area is 199 Å². The number of carbonyl (C=O) groups is 2. The number of carbonyl (C=O) groups excluding carboxylic acids is 2. The maximum absolute atomic E-state index is 12.6. The summed E-state index contributed by atoms with van der Waals surface area (Å²) < 4.78 is 10.9. The Morgan fingerprint density at radius 3 is 2.52 bits per heavy atom. The molecule has 0 bridgehead atoms. The quantitative estimate of drug-likeness (QED) is 0.432. The number of thioether (sulfide) groups is 1. The van der Waals surface area contributed by atoms with Crippen molar-refractivity contribution in [2.24, 2.45) is 4.99 Å². The van der Waals surface area contributed by atoms with Crippen molar-refractivity contribution in [1.82, 2.24) is 0 Å². The molecule has 4 rings (SSSR count). The molecule has 2 aromatic carbocycles. The molecular weight excluding hydrogens is 462 g/mol. The van der Waals surface area contributed by atoms with Gasteiger partial charge in [0.2, 0.25) is 0 Å². The summed E-state index contributed by atoms with van der Waals surface area (Å²) >= 11 is 6.93. The Hall–Kier alpha value is -3.55. The average Bonchev–Trinajstić information content (AvgIpc) is 3.40. The van der Waals surface area contributed by atoms with Crippen molar-refractivity contribution in [2.75, 3.05) is 6.61 Å². The number of ether oxygens (including phenoxy) is 1. The minimum absolute atomic E-state index is 0.0653. The van der Waals surface area contributed by atoms with Gasteiger partial charge in [-0.2, -0.15) is 0 Å². The molecule has 0 saturated heterocycles. The van der Waals surface area contributed by atoms with Crippen LogP contribution in [0.2, 0.25) is 5.02 Å². The van der Waals surface area contributed by atoms with Crippen LogP contribution >= 0.6 is 23.4 Å². The van der Waals surface area contributed by atoms with Crippen molar-refractivity contribution in [3.05, 3.63) is 99.3 Å². The zero-order valence-electron chi connectivity index (χ0n) is 17.4. The minimum Gasteiger partial charge on any atom is -0.506 e. The van der Waals surface area contributed by atoms with Crippen LogP contribution in [0.25, 0.3) is 17.4 Å². The topological polar surface area (TPSA) is 89.1 Å². The maximum atomic E-state index is 12.6. The van der Waals surface area contributed by atoms with Crippen LogP contribution in [0, 0.1) is 0 Å². The van der Waals surface area contributed by atoms with Gasteiger partial charge in [-0.3, -0.25) is 4.79 Å². The van der Waals surface area contributed by atoms with Gasteiger partial charge in [-0.05, 0) is 61.5 Å². The van der Waals surface area contributed by atoms with Crippen LogP contribution in [0.1, 0.15) is 23.0 Å². The molecule has 0 fully saturated rings. The molecule has 1 aliphatic heterocycles. The molecule has 8 heteroatoms. The van der Waals surface area contributed by atoms with Gasteiger partial charge in [-0.1, -0.05) is 41.6 Å². The van der Waals surface area contributed by atoms with E-state index in [0.717, 1.165) is 17.3 Å². The second-order valence-electron chi connectivity index (χ2n) is 6.85. The third-order valence-corrected chi connectivity index (χ3v) is 5.89. The summed E-state index contributed by atoms with van der Waals surface area (Å²) in [5.41, 5.74) is 1.05. The van der Waals surface area contributed by atoms with Gasteiger partial charge < -0.3 is 14.3 Å². The van der Waals surface area contributed by atoms with Crippen molar-refractivity contribution < 1.29 is 23.8 Å². The lowest BCUT2D eigenvalue weighted by Gasteiger charge is -2.03. The van der Waals surface area contributed by atoms with Crippen LogP contribution in [-0.4, -0.2) is 28.6 Å². The van der Waals surface area contributed by atoms with Crippen molar-refractivity contribution in [2.45, 2.75) is 6.92 Å². The summed E-state index contributed by atoms with van der Waals surface area (Å²) in [6, 6.07) is 19.2. The highest BCUT2D eigenvalue weighted by Gasteiger charge is 2.34. The van der Waals surface area contributed by atoms with Crippen LogP contribution in [0.5, 0.6) is 0 Å². The van der Waals surface area contributed by atoms with E-state index in [-0.39, 0.29) is 23.0 Å². The lowest BCUT2D eigenvalue weighted by Crippen LogP contribution is -2.14. The summed E-state index contributed by atoms with van der Waals surface area (Å²) in [7, 11) is 0. The smallest absolute Gasteiger partial charge is 0.344 e. The van der Waals surface area contributed by atoms with Gasteiger partial charge in [-0.25, -0.2) is 9.79 Å². The van der Waals surface area contributed by atoms with E-state index in [4.69, 9.17) is 20.8 Å². The predicted octanol–water partition coefficient (Wildman–Crippen LogP) is 6.30. The maximum Gasteiger partial charge on any atom is 0.344 e. The number of furan rings is 1. The average molecular weight is 480 g/mol. The Morgan fingerprint density at radius 1 is 1.09 bits per heavy atom. The number of hydrogen-bond donors (Lipinski definition) is 1. The molecule has 1 aliphatic rings. The summed E-state index contributed by atoms with van der Waals surface area (Å²) in [6.45, 7) is 1.77. The molecule has 1 aromatic heterocycles. The molecule has 0 unspecified atom stereocenters. The summed E-state index contributed by atoms with van der Waals surface area (Å²) in [6.07, 6.45) is 1.58. The summed E-state index contributed by atoms with van der Waals surface area (Å²) in [5, 5.41) is 11.4. The van der Waals surface area contributed by atoms with Crippen LogP contribution in [0.15, 0.2) is 92.4 Å². The number of aliphatic hydroxyl groups is 1. The third-order valence-electron chi connectivity index (χ3n) is 4.62. The van der Waals surface area contributed by atoms with Gasteiger partial charge >= 0.3 is 5.97 Å². The van der Waals surface area contributed by atoms with Crippen molar-refractivity contribution in [3.8, 4) is 11.3 Å². The van der Waals surface area contributed by atoms with E-state index in [1.54, 1.807) is 67.6 Å². The third kappa shape index (κ3) is 5.10. The van der Waals surface area contributed by atoms with E-state index in [0.29, 0.717) is 27.0 Å². The monoisotopic (exact) mass is 479 g/mol. The van der Waals surface area contributed by atoms with Crippen molar-refractivity contribution in [1.29, 1.82) is 0 Å². The van der Waals surface area contributed by atoms with E-state index >= 15 is 0 Å². The number of aliphatic imine (C=N–C) groups is 1. The first-order valence-corrected chi connectivity index (χ1v) is 11.2. The number of amides is 1. The summed E-state index contributed by atoms with van der Waals surface area (Å²) in [4.78, 5) is 29.5. The number of esters is 1. The van der Waals surface area contributed by atoms with E-state index in [1.165, 1.54) is 0 Å². The van der Waals surface area contributed by atoms with Crippen molar-refractivity contribution >= 4 is 46.4 Å². The number of aliphatic hydroxyl groups excluding tert-OH is 1. The number of rotatable bonds is 5. The Kier molecular flexibility index (Phi) is 6.82. The van der Waals surface area contributed by atoms with Gasteiger partial charge in [0.25, 0.3) is 5.91 Å². The number of halogens is 1. The van der Waals surface area contributed by atoms with E-state index < -0.39 is 11.9 Å². The number of nitrogens with zero attached hydrogens (tertiary/aromatic N) is 1. The Bertz CT molecular complexity index is 1290. The molecule has 0 atom stereocenters. The second kappa shape index (κ2) is 9.94. The molecule has 3 aromatic rings. The molecule has 1 N–H and O–H groups in total. The lowest BCUT2D eigenvalue weighted by atomic mass is 10.2. The summed E-state index contributed by atoms with van der Waals surface area (Å²) in [5.74, 6) is -0.539. The van der Waals surface area contributed by atoms with Crippen LogP contribution in [-0.2, 0) is 9.53 Å². The molecule has 0 aliphatic carbocycles. The zero-order chi connectivity index (χ0) is 23.4. The van der Waals surface area contributed by atoms with Crippen LogP contribution in [0.4, 0.5) is 0 Å². The minimum atomic E-state index is -0.758. The molecule has 0 saturated carbocycles. The largest absolute Gasteiger partial charge is 0.506 e. The molecule has 0 radical (unpaired) electrons. The highest BCUT2D eigenvalue weighted by atomic mass is 35.5. The molecule has 166 valence electrons. The first-order valence-electron chi connectivity index (χ1n) is 10.0. The molecular formula is C25H18ClNO5S.